The Kier molecular flexibility index (Phi) is 5.45. The fourth-order valence-electron chi connectivity index (χ4n) is 2.67. The zero-order valence-electron chi connectivity index (χ0n) is 13.1. The molecule has 6 heteroatoms. The van der Waals surface area contributed by atoms with Crippen molar-refractivity contribution in [2.24, 2.45) is 5.92 Å². The summed E-state index contributed by atoms with van der Waals surface area (Å²) in [6, 6.07) is 5.93. The molecule has 1 atom stereocenters. The quantitative estimate of drug-likeness (QED) is 0.877. The summed E-state index contributed by atoms with van der Waals surface area (Å²) in [4.78, 5) is 18.1. The van der Waals surface area contributed by atoms with Gasteiger partial charge in [-0.25, -0.2) is 0 Å². The molecule has 1 aliphatic heterocycles. The number of likely N-dealkylation sites (tertiary alicyclic amines) is 1. The standard InChI is InChI=1S/C16H23F2N3O/c1-3-16(17,18)15(22)19-9-13-7-8-21(10-13)11-14-6-4-5-12(2)20-14/h4-6,13H,3,7-11H2,1-2H3,(H,19,22). The van der Waals surface area contributed by atoms with Gasteiger partial charge in [-0.3, -0.25) is 14.7 Å². The minimum Gasteiger partial charge on any atom is -0.351 e. The Morgan fingerprint density at radius 2 is 2.27 bits per heavy atom. The van der Waals surface area contributed by atoms with Crippen LogP contribution < -0.4 is 5.32 Å². The van der Waals surface area contributed by atoms with Gasteiger partial charge in [0.05, 0.1) is 5.69 Å². The third kappa shape index (κ3) is 4.47. The number of amides is 1. The van der Waals surface area contributed by atoms with Crippen molar-refractivity contribution in [2.75, 3.05) is 19.6 Å². The fourth-order valence-corrected chi connectivity index (χ4v) is 2.67. The number of nitrogens with one attached hydrogen (secondary N) is 1. The van der Waals surface area contributed by atoms with E-state index >= 15 is 0 Å². The molecule has 1 unspecified atom stereocenters. The van der Waals surface area contributed by atoms with E-state index in [2.05, 4.69) is 15.2 Å². The van der Waals surface area contributed by atoms with Crippen LogP contribution in [0.25, 0.3) is 0 Å². The maximum absolute atomic E-state index is 13.2. The van der Waals surface area contributed by atoms with Crippen LogP contribution in [0.5, 0.6) is 0 Å². The Bertz CT molecular complexity index is 522. The lowest BCUT2D eigenvalue weighted by atomic mass is 10.1. The van der Waals surface area contributed by atoms with Crippen LogP contribution in [0, 0.1) is 12.8 Å². The molecular weight excluding hydrogens is 288 g/mol. The van der Waals surface area contributed by atoms with Crippen LogP contribution in [-0.4, -0.2) is 41.3 Å². The van der Waals surface area contributed by atoms with Crippen LogP contribution in [0.1, 0.15) is 31.2 Å². The molecular formula is C16H23F2N3O. The molecule has 1 saturated heterocycles. The number of aryl methyl sites for hydroxylation is 1. The Labute approximate surface area is 129 Å². The molecule has 0 aromatic carbocycles. The maximum Gasteiger partial charge on any atom is 0.324 e. The molecule has 22 heavy (non-hydrogen) atoms. The van der Waals surface area contributed by atoms with Gasteiger partial charge in [0.1, 0.15) is 0 Å². The first-order chi connectivity index (χ1) is 10.4. The highest BCUT2D eigenvalue weighted by atomic mass is 19.3. The van der Waals surface area contributed by atoms with Gasteiger partial charge < -0.3 is 5.32 Å². The van der Waals surface area contributed by atoms with E-state index in [1.165, 1.54) is 6.92 Å². The summed E-state index contributed by atoms with van der Waals surface area (Å²) < 4.78 is 26.4. The van der Waals surface area contributed by atoms with Crippen molar-refractivity contribution in [1.82, 2.24) is 15.2 Å². The van der Waals surface area contributed by atoms with E-state index in [1.54, 1.807) is 0 Å². The van der Waals surface area contributed by atoms with Crippen LogP contribution in [0.3, 0.4) is 0 Å². The van der Waals surface area contributed by atoms with Gasteiger partial charge in [-0.1, -0.05) is 13.0 Å². The number of aromatic nitrogens is 1. The lowest BCUT2D eigenvalue weighted by Gasteiger charge is -2.18. The van der Waals surface area contributed by atoms with Crippen molar-refractivity contribution < 1.29 is 13.6 Å². The zero-order valence-corrected chi connectivity index (χ0v) is 13.1. The third-order valence-corrected chi connectivity index (χ3v) is 4.03. The molecule has 1 aromatic heterocycles. The molecule has 0 spiro atoms. The molecule has 2 rings (SSSR count). The average molecular weight is 311 g/mol. The van der Waals surface area contributed by atoms with Crippen molar-refractivity contribution in [1.29, 1.82) is 0 Å². The number of nitrogens with zero attached hydrogens (tertiary/aromatic N) is 2. The highest BCUT2D eigenvalue weighted by Gasteiger charge is 2.36. The van der Waals surface area contributed by atoms with Crippen LogP contribution in [-0.2, 0) is 11.3 Å². The van der Waals surface area contributed by atoms with Crippen molar-refractivity contribution in [2.45, 2.75) is 39.2 Å². The average Bonchev–Trinajstić information content (AvgIpc) is 2.92. The number of rotatable bonds is 6. The van der Waals surface area contributed by atoms with Crippen LogP contribution in [0.2, 0.25) is 0 Å². The lowest BCUT2D eigenvalue weighted by Crippen LogP contribution is -2.42. The number of hydrogen-bond donors (Lipinski definition) is 1. The van der Waals surface area contributed by atoms with Crippen molar-refractivity contribution in [3.8, 4) is 0 Å². The second-order valence-corrected chi connectivity index (χ2v) is 5.93. The summed E-state index contributed by atoms with van der Waals surface area (Å²) in [6.45, 7) is 6.04. The van der Waals surface area contributed by atoms with Gasteiger partial charge in [0.15, 0.2) is 0 Å². The van der Waals surface area contributed by atoms with Gasteiger partial charge in [0, 0.05) is 31.7 Å². The number of halogens is 2. The number of hydrogen-bond acceptors (Lipinski definition) is 3. The van der Waals surface area contributed by atoms with Crippen molar-refractivity contribution >= 4 is 5.91 Å². The smallest absolute Gasteiger partial charge is 0.324 e. The number of pyridine rings is 1. The molecule has 122 valence electrons. The predicted molar refractivity (Wildman–Crippen MR) is 80.6 cm³/mol. The van der Waals surface area contributed by atoms with Gasteiger partial charge in [0.2, 0.25) is 0 Å². The SMILES string of the molecule is CCC(F)(F)C(=O)NCC1CCN(Cc2cccc(C)n2)C1. The minimum absolute atomic E-state index is 0.224. The molecule has 0 saturated carbocycles. The summed E-state index contributed by atoms with van der Waals surface area (Å²) in [5.74, 6) is -4.20. The van der Waals surface area contributed by atoms with Gasteiger partial charge in [-0.05, 0) is 37.9 Å². The maximum atomic E-state index is 13.2. The van der Waals surface area contributed by atoms with Crippen LogP contribution in [0.4, 0.5) is 8.78 Å². The predicted octanol–water partition coefficient (Wildman–Crippen LogP) is 2.37. The Morgan fingerprint density at radius 3 is 2.95 bits per heavy atom. The van der Waals surface area contributed by atoms with Gasteiger partial charge in [-0.2, -0.15) is 8.78 Å². The zero-order chi connectivity index (χ0) is 16.2. The molecule has 4 nitrogen and oxygen atoms in total. The van der Waals surface area contributed by atoms with E-state index in [-0.39, 0.29) is 5.92 Å². The highest BCUT2D eigenvalue weighted by Crippen LogP contribution is 2.20. The fraction of sp³-hybridized carbons (Fsp3) is 0.625. The summed E-state index contributed by atoms with van der Waals surface area (Å²) >= 11 is 0. The first kappa shape index (κ1) is 16.8. The van der Waals surface area contributed by atoms with E-state index < -0.39 is 18.3 Å². The van der Waals surface area contributed by atoms with Crippen LogP contribution in [0.15, 0.2) is 18.2 Å². The van der Waals surface area contributed by atoms with Gasteiger partial charge in [-0.15, -0.1) is 0 Å². The third-order valence-electron chi connectivity index (χ3n) is 4.03. The molecule has 1 aliphatic rings. The Morgan fingerprint density at radius 1 is 1.50 bits per heavy atom. The Hall–Kier alpha value is -1.56. The summed E-state index contributed by atoms with van der Waals surface area (Å²) in [5, 5.41) is 2.38. The second kappa shape index (κ2) is 7.13. The first-order valence-corrected chi connectivity index (χ1v) is 7.71. The number of carbonyl (C=O) groups excluding carboxylic acids is 1. The first-order valence-electron chi connectivity index (χ1n) is 7.71. The normalized spacial score (nSPS) is 19.4. The topological polar surface area (TPSA) is 45.2 Å². The van der Waals surface area contributed by atoms with E-state index in [1.807, 2.05) is 25.1 Å². The molecule has 1 amide bonds. The van der Waals surface area contributed by atoms with E-state index in [9.17, 15) is 13.6 Å². The van der Waals surface area contributed by atoms with Crippen LogP contribution >= 0.6 is 0 Å². The van der Waals surface area contributed by atoms with Gasteiger partial charge >= 0.3 is 5.92 Å². The van der Waals surface area contributed by atoms with Crippen molar-refractivity contribution in [3.05, 3.63) is 29.6 Å². The Balaban J connectivity index is 1.77. The summed E-state index contributed by atoms with van der Waals surface area (Å²) in [7, 11) is 0. The summed E-state index contributed by atoms with van der Waals surface area (Å²) in [5.41, 5.74) is 2.00. The molecule has 0 aliphatic carbocycles. The molecule has 1 fully saturated rings. The van der Waals surface area contributed by atoms with E-state index in [0.717, 1.165) is 37.4 Å². The number of carbonyl (C=O) groups is 1. The monoisotopic (exact) mass is 311 g/mol. The lowest BCUT2D eigenvalue weighted by molar-refractivity contribution is -0.146. The van der Waals surface area contributed by atoms with Gasteiger partial charge in [0.25, 0.3) is 5.91 Å². The molecule has 2 heterocycles. The van der Waals surface area contributed by atoms with E-state index in [4.69, 9.17) is 0 Å². The van der Waals surface area contributed by atoms with Crippen molar-refractivity contribution in [3.63, 3.8) is 0 Å². The van der Waals surface area contributed by atoms with E-state index in [0.29, 0.717) is 6.54 Å². The summed E-state index contributed by atoms with van der Waals surface area (Å²) in [6.07, 6.45) is 0.443. The molecule has 0 bridgehead atoms. The molecule has 1 N–H and O–H groups in total. The number of alkyl halides is 2. The largest absolute Gasteiger partial charge is 0.351 e. The highest BCUT2D eigenvalue weighted by molar-refractivity contribution is 5.83. The second-order valence-electron chi connectivity index (χ2n) is 5.93. The minimum atomic E-state index is -3.26. The molecule has 1 aromatic rings. The molecule has 0 radical (unpaired) electrons.